The van der Waals surface area contributed by atoms with E-state index in [-0.39, 0.29) is 0 Å². The minimum atomic E-state index is 0.872. The topological polar surface area (TPSA) is 38.9 Å². The standard InChI is InChI=1S/C18H26.C3H4N2S2/c1-3-9-15(10-4-1)17-13-7-8-14-18(17)16-11-5-2-6-12-16;4-7-3-5-1-2-6-3/h7-8,13-16H,1-6,9-12H2;1-2H,4H2. The van der Waals surface area contributed by atoms with E-state index in [0.29, 0.717) is 0 Å². The van der Waals surface area contributed by atoms with Crippen LogP contribution in [0.15, 0.2) is 40.2 Å². The van der Waals surface area contributed by atoms with Crippen LogP contribution in [0.25, 0.3) is 0 Å². The number of rotatable bonds is 3. The van der Waals surface area contributed by atoms with Crippen LogP contribution in [0.3, 0.4) is 0 Å². The molecule has 2 aliphatic rings. The Morgan fingerprint density at radius 3 is 1.72 bits per heavy atom. The van der Waals surface area contributed by atoms with Gasteiger partial charge in [-0.15, -0.1) is 11.3 Å². The molecule has 1 aromatic heterocycles. The summed E-state index contributed by atoms with van der Waals surface area (Å²) in [6, 6.07) is 9.38. The molecule has 136 valence electrons. The minimum Gasteiger partial charge on any atom is -0.272 e. The third kappa shape index (κ3) is 5.57. The molecule has 0 radical (unpaired) electrons. The molecule has 0 unspecified atom stereocenters. The lowest BCUT2D eigenvalue weighted by Gasteiger charge is -2.29. The largest absolute Gasteiger partial charge is 0.272 e. The molecule has 0 aliphatic heterocycles. The first-order valence-corrected chi connectivity index (χ1v) is 11.5. The molecular weight excluding hydrogens is 344 g/mol. The van der Waals surface area contributed by atoms with Crippen molar-refractivity contribution in [3.8, 4) is 0 Å². The highest BCUT2D eigenvalue weighted by molar-refractivity contribution is 7.98. The van der Waals surface area contributed by atoms with Crippen molar-refractivity contribution in [3.63, 3.8) is 0 Å². The molecule has 2 aliphatic carbocycles. The van der Waals surface area contributed by atoms with Gasteiger partial charge in [-0.2, -0.15) is 0 Å². The predicted octanol–water partition coefficient (Wildman–Crippen LogP) is 6.89. The molecule has 2 saturated carbocycles. The Labute approximate surface area is 160 Å². The maximum atomic E-state index is 5.16. The number of nitrogens with two attached hydrogens (primary N) is 1. The van der Waals surface area contributed by atoms with Gasteiger partial charge in [0.1, 0.15) is 0 Å². The van der Waals surface area contributed by atoms with E-state index in [1.54, 1.807) is 28.7 Å². The summed E-state index contributed by atoms with van der Waals surface area (Å²) < 4.78 is 0.917. The third-order valence-corrected chi connectivity index (χ3v) is 7.05. The van der Waals surface area contributed by atoms with Crippen LogP contribution in [0.5, 0.6) is 0 Å². The molecule has 0 amide bonds. The van der Waals surface area contributed by atoms with Crippen LogP contribution in [0.1, 0.15) is 87.2 Å². The Kier molecular flexibility index (Phi) is 7.83. The lowest BCUT2D eigenvalue weighted by molar-refractivity contribution is 0.419. The van der Waals surface area contributed by atoms with Gasteiger partial charge in [0.15, 0.2) is 4.34 Å². The van der Waals surface area contributed by atoms with E-state index in [2.05, 4.69) is 29.2 Å². The average Bonchev–Trinajstić information content (AvgIpc) is 3.24. The van der Waals surface area contributed by atoms with Crippen LogP contribution in [0.2, 0.25) is 0 Å². The second kappa shape index (κ2) is 10.3. The molecular formula is C21H30N2S2. The number of thiazole rings is 1. The molecule has 0 atom stereocenters. The van der Waals surface area contributed by atoms with E-state index in [9.17, 15) is 0 Å². The lowest BCUT2D eigenvalue weighted by atomic mass is 9.76. The Bertz CT molecular complexity index is 563. The summed E-state index contributed by atoms with van der Waals surface area (Å²) in [5.74, 6) is 1.74. The van der Waals surface area contributed by atoms with Crippen LogP contribution in [0, 0.1) is 0 Å². The second-order valence-corrected chi connectivity index (χ2v) is 8.99. The van der Waals surface area contributed by atoms with Crippen molar-refractivity contribution in [1.82, 2.24) is 4.98 Å². The van der Waals surface area contributed by atoms with Gasteiger partial charge in [0.2, 0.25) is 0 Å². The highest BCUT2D eigenvalue weighted by Gasteiger charge is 2.23. The molecule has 0 spiro atoms. The number of aromatic nitrogens is 1. The number of hydrogen-bond donors (Lipinski definition) is 1. The number of benzene rings is 1. The van der Waals surface area contributed by atoms with Gasteiger partial charge in [0.25, 0.3) is 0 Å². The van der Waals surface area contributed by atoms with Crippen LogP contribution in [-0.2, 0) is 0 Å². The van der Waals surface area contributed by atoms with E-state index in [0.717, 1.165) is 16.2 Å². The Balaban J connectivity index is 0.000000219. The smallest absolute Gasteiger partial charge is 0.164 e. The highest BCUT2D eigenvalue weighted by atomic mass is 32.2. The van der Waals surface area contributed by atoms with Gasteiger partial charge < -0.3 is 0 Å². The maximum absolute atomic E-state index is 5.16. The molecule has 0 saturated heterocycles. The summed E-state index contributed by atoms with van der Waals surface area (Å²) in [7, 11) is 0. The summed E-state index contributed by atoms with van der Waals surface area (Å²) in [5, 5.41) is 7.06. The second-order valence-electron chi connectivity index (χ2n) is 7.21. The summed E-state index contributed by atoms with van der Waals surface area (Å²) in [6.07, 6.45) is 16.2. The fourth-order valence-electron chi connectivity index (χ4n) is 4.35. The summed E-state index contributed by atoms with van der Waals surface area (Å²) >= 11 is 2.73. The SMILES string of the molecule is NSc1nccs1.c1ccc(C2CCCCC2)c(C2CCCCC2)c1. The van der Waals surface area contributed by atoms with E-state index >= 15 is 0 Å². The first-order chi connectivity index (χ1) is 12.4. The van der Waals surface area contributed by atoms with E-state index < -0.39 is 0 Å². The van der Waals surface area contributed by atoms with E-state index in [1.807, 2.05) is 5.38 Å². The first-order valence-electron chi connectivity index (χ1n) is 9.73. The third-order valence-electron chi connectivity index (χ3n) is 5.60. The van der Waals surface area contributed by atoms with Crippen molar-refractivity contribution in [2.75, 3.05) is 0 Å². The van der Waals surface area contributed by atoms with Crippen molar-refractivity contribution in [2.24, 2.45) is 5.14 Å². The van der Waals surface area contributed by atoms with Crippen LogP contribution in [-0.4, -0.2) is 4.98 Å². The predicted molar refractivity (Wildman–Crippen MR) is 110 cm³/mol. The van der Waals surface area contributed by atoms with Crippen molar-refractivity contribution in [3.05, 3.63) is 47.0 Å². The maximum Gasteiger partial charge on any atom is 0.164 e. The van der Waals surface area contributed by atoms with Crippen LogP contribution in [0.4, 0.5) is 0 Å². The quantitative estimate of drug-likeness (QED) is 0.594. The first kappa shape index (κ1) is 18.9. The van der Waals surface area contributed by atoms with Gasteiger partial charge in [0.05, 0.1) is 0 Å². The number of hydrogen-bond acceptors (Lipinski definition) is 4. The van der Waals surface area contributed by atoms with Crippen LogP contribution >= 0.6 is 23.3 Å². The number of nitrogens with zero attached hydrogens (tertiary/aromatic N) is 1. The van der Waals surface area contributed by atoms with Gasteiger partial charge in [-0.3, -0.25) is 5.14 Å². The van der Waals surface area contributed by atoms with Gasteiger partial charge in [-0.05, 0) is 60.6 Å². The molecule has 2 aromatic rings. The average molecular weight is 375 g/mol. The Morgan fingerprint density at radius 1 is 0.840 bits per heavy atom. The normalized spacial score (nSPS) is 19.2. The summed E-state index contributed by atoms with van der Waals surface area (Å²) in [4.78, 5) is 3.89. The zero-order valence-electron chi connectivity index (χ0n) is 15.0. The molecule has 4 heteroatoms. The molecule has 2 fully saturated rings. The van der Waals surface area contributed by atoms with Crippen molar-refractivity contribution < 1.29 is 0 Å². The Hall–Kier alpha value is -0.840. The zero-order chi connectivity index (χ0) is 17.3. The molecule has 2 N–H and O–H groups in total. The van der Waals surface area contributed by atoms with Gasteiger partial charge in [0, 0.05) is 11.6 Å². The Morgan fingerprint density at radius 2 is 1.36 bits per heavy atom. The summed E-state index contributed by atoms with van der Waals surface area (Å²) in [6.45, 7) is 0. The van der Waals surface area contributed by atoms with E-state index in [4.69, 9.17) is 5.14 Å². The molecule has 0 bridgehead atoms. The summed E-state index contributed by atoms with van der Waals surface area (Å²) in [5.41, 5.74) is 3.42. The molecule has 1 aromatic carbocycles. The highest BCUT2D eigenvalue weighted by Crippen LogP contribution is 2.40. The monoisotopic (exact) mass is 374 g/mol. The van der Waals surface area contributed by atoms with Crippen molar-refractivity contribution in [2.45, 2.75) is 80.4 Å². The zero-order valence-corrected chi connectivity index (χ0v) is 16.7. The van der Waals surface area contributed by atoms with Gasteiger partial charge >= 0.3 is 0 Å². The molecule has 25 heavy (non-hydrogen) atoms. The molecule has 2 nitrogen and oxygen atoms in total. The minimum absolute atomic E-state index is 0.872. The molecule has 1 heterocycles. The lowest BCUT2D eigenvalue weighted by Crippen LogP contribution is -2.12. The van der Waals surface area contributed by atoms with Crippen molar-refractivity contribution >= 4 is 23.3 Å². The fraction of sp³-hybridized carbons (Fsp3) is 0.571. The molecule has 4 rings (SSSR count). The van der Waals surface area contributed by atoms with Gasteiger partial charge in [-0.25, -0.2) is 4.98 Å². The van der Waals surface area contributed by atoms with Crippen molar-refractivity contribution in [1.29, 1.82) is 0 Å². The fourth-order valence-corrected chi connectivity index (χ4v) is 5.22. The van der Waals surface area contributed by atoms with Crippen LogP contribution < -0.4 is 5.14 Å². The van der Waals surface area contributed by atoms with E-state index in [1.165, 1.54) is 76.2 Å². The van der Waals surface area contributed by atoms with Gasteiger partial charge in [-0.1, -0.05) is 62.8 Å².